The summed E-state index contributed by atoms with van der Waals surface area (Å²) in [7, 11) is 0. The number of nitrogens with one attached hydrogen (secondary N) is 2. The molecule has 2 aromatic rings. The molecule has 0 heterocycles. The SMILES string of the molecule is N#Cc1cccc(C(=O)NC23CCC(NC(=O)COc4ccc(Cl)c(F)c4)(CC2)C[C@@H]3O)c1. The fraction of sp³-hybridized carbons (Fsp3) is 0.375. The molecule has 0 aliphatic heterocycles. The fourth-order valence-corrected chi connectivity index (χ4v) is 4.85. The zero-order chi connectivity index (χ0) is 23.6. The van der Waals surface area contributed by atoms with Crippen molar-refractivity contribution < 1.29 is 23.8 Å². The molecule has 7 nitrogen and oxygen atoms in total. The van der Waals surface area contributed by atoms with Crippen LogP contribution in [0.1, 0.15) is 48.0 Å². The van der Waals surface area contributed by atoms with E-state index in [1.54, 1.807) is 18.2 Å². The van der Waals surface area contributed by atoms with Crippen LogP contribution in [0, 0.1) is 17.1 Å². The Morgan fingerprint density at radius 1 is 1.18 bits per heavy atom. The summed E-state index contributed by atoms with van der Waals surface area (Å²) >= 11 is 5.65. The second-order valence-corrected chi connectivity index (χ2v) is 9.12. The lowest BCUT2D eigenvalue weighted by atomic mass is 9.60. The Morgan fingerprint density at radius 2 is 1.94 bits per heavy atom. The van der Waals surface area contributed by atoms with Gasteiger partial charge in [-0.2, -0.15) is 5.26 Å². The number of ether oxygens (including phenoxy) is 1. The summed E-state index contributed by atoms with van der Waals surface area (Å²) < 4.78 is 18.9. The van der Waals surface area contributed by atoms with Crippen molar-refractivity contribution in [1.82, 2.24) is 10.6 Å². The number of benzene rings is 2. The predicted molar refractivity (Wildman–Crippen MR) is 118 cm³/mol. The molecular weight excluding hydrogens is 449 g/mol. The minimum Gasteiger partial charge on any atom is -0.484 e. The second-order valence-electron chi connectivity index (χ2n) is 8.72. The van der Waals surface area contributed by atoms with E-state index in [0.29, 0.717) is 43.2 Å². The smallest absolute Gasteiger partial charge is 0.258 e. The first-order chi connectivity index (χ1) is 15.7. The van der Waals surface area contributed by atoms with Gasteiger partial charge in [0.1, 0.15) is 11.6 Å². The number of amides is 2. The lowest BCUT2D eigenvalue weighted by Gasteiger charge is -2.56. The van der Waals surface area contributed by atoms with Gasteiger partial charge in [0.2, 0.25) is 0 Å². The Kier molecular flexibility index (Phi) is 6.28. The van der Waals surface area contributed by atoms with Crippen molar-refractivity contribution in [3.63, 3.8) is 0 Å². The number of halogens is 2. The van der Waals surface area contributed by atoms with Gasteiger partial charge in [-0.1, -0.05) is 17.7 Å². The van der Waals surface area contributed by atoms with E-state index in [4.69, 9.17) is 21.6 Å². The van der Waals surface area contributed by atoms with Crippen molar-refractivity contribution in [3.05, 3.63) is 64.4 Å². The Balaban J connectivity index is 1.35. The molecule has 2 aromatic carbocycles. The van der Waals surface area contributed by atoms with E-state index in [2.05, 4.69) is 10.6 Å². The van der Waals surface area contributed by atoms with Crippen LogP contribution in [0.4, 0.5) is 4.39 Å². The van der Waals surface area contributed by atoms with Gasteiger partial charge in [-0.3, -0.25) is 9.59 Å². The molecule has 0 spiro atoms. The van der Waals surface area contributed by atoms with Gasteiger partial charge in [-0.25, -0.2) is 4.39 Å². The number of nitrogens with zero attached hydrogens (tertiary/aromatic N) is 1. The summed E-state index contributed by atoms with van der Waals surface area (Å²) in [6.45, 7) is -0.296. The molecule has 3 aliphatic carbocycles. The maximum atomic E-state index is 13.5. The van der Waals surface area contributed by atoms with E-state index in [1.807, 2.05) is 6.07 Å². The maximum Gasteiger partial charge on any atom is 0.258 e. The lowest BCUT2D eigenvalue weighted by molar-refractivity contribution is -0.129. The second kappa shape index (κ2) is 9.00. The van der Waals surface area contributed by atoms with Crippen LogP contribution < -0.4 is 15.4 Å². The van der Waals surface area contributed by atoms with Crippen LogP contribution in [-0.2, 0) is 4.79 Å². The van der Waals surface area contributed by atoms with Crippen molar-refractivity contribution in [2.45, 2.75) is 49.3 Å². The Bertz CT molecular complexity index is 1120. The van der Waals surface area contributed by atoms with Crippen LogP contribution in [0.15, 0.2) is 42.5 Å². The third kappa shape index (κ3) is 4.80. The number of hydrogen-bond acceptors (Lipinski definition) is 5. The van der Waals surface area contributed by atoms with Gasteiger partial charge in [0.15, 0.2) is 6.61 Å². The van der Waals surface area contributed by atoms with Crippen LogP contribution in [0.5, 0.6) is 5.75 Å². The number of hydrogen-bond donors (Lipinski definition) is 3. The standard InChI is InChI=1S/C24H23ClFN3O4/c25-18-5-4-17(11-19(18)26)33-14-21(31)28-23-6-8-24(9-7-23,20(30)12-23)29-22(32)16-3-1-2-15(10-16)13-27/h1-5,10-11,20,30H,6-9,12,14H2,(H,28,31)(H,29,32)/t20-,23?,24?/m0/s1. The summed E-state index contributed by atoms with van der Waals surface area (Å²) in [5.74, 6) is -1.15. The highest BCUT2D eigenvalue weighted by Crippen LogP contribution is 2.47. The van der Waals surface area contributed by atoms with Crippen LogP contribution >= 0.6 is 11.6 Å². The summed E-state index contributed by atoms with van der Waals surface area (Å²) in [6, 6.07) is 12.4. The molecule has 172 valence electrons. The molecular formula is C24H23ClFN3O4. The Morgan fingerprint density at radius 3 is 2.61 bits per heavy atom. The van der Waals surface area contributed by atoms with Gasteiger partial charge in [-0.05, 0) is 62.4 Å². The highest BCUT2D eigenvalue weighted by molar-refractivity contribution is 6.30. The van der Waals surface area contributed by atoms with Gasteiger partial charge >= 0.3 is 0 Å². The normalized spacial score (nSPS) is 25.7. The van der Waals surface area contributed by atoms with E-state index in [9.17, 15) is 19.1 Å². The van der Waals surface area contributed by atoms with Crippen LogP contribution in [0.2, 0.25) is 5.02 Å². The minimum atomic E-state index is -0.838. The van der Waals surface area contributed by atoms with Gasteiger partial charge in [-0.15, -0.1) is 0 Å². The molecule has 3 fully saturated rings. The van der Waals surface area contributed by atoms with Gasteiger partial charge < -0.3 is 20.5 Å². The maximum absolute atomic E-state index is 13.5. The van der Waals surface area contributed by atoms with Gasteiger partial charge in [0.25, 0.3) is 11.8 Å². The molecule has 2 amide bonds. The average molecular weight is 472 g/mol. The van der Waals surface area contributed by atoms with Gasteiger partial charge in [0.05, 0.1) is 28.3 Å². The number of fused-ring (bicyclic) bond motifs is 3. The zero-order valence-electron chi connectivity index (χ0n) is 17.7. The molecule has 5 rings (SSSR count). The molecule has 0 radical (unpaired) electrons. The highest BCUT2D eigenvalue weighted by Gasteiger charge is 2.55. The zero-order valence-corrected chi connectivity index (χ0v) is 18.5. The summed E-state index contributed by atoms with van der Waals surface area (Å²) in [4.78, 5) is 25.3. The molecule has 0 aromatic heterocycles. The van der Waals surface area contributed by atoms with E-state index >= 15 is 0 Å². The third-order valence-electron chi connectivity index (χ3n) is 6.60. The van der Waals surface area contributed by atoms with E-state index < -0.39 is 23.0 Å². The number of nitriles is 1. The predicted octanol–water partition coefficient (Wildman–Crippen LogP) is 3.09. The molecule has 3 saturated carbocycles. The van der Waals surface area contributed by atoms with Crippen LogP contribution in [0.25, 0.3) is 0 Å². The van der Waals surface area contributed by atoms with E-state index in [0.717, 1.165) is 6.07 Å². The summed E-state index contributed by atoms with van der Waals surface area (Å²) in [5.41, 5.74) is -0.609. The van der Waals surface area contributed by atoms with Crippen molar-refractivity contribution in [2.24, 2.45) is 0 Å². The number of carbonyl (C=O) groups is 2. The average Bonchev–Trinajstić information content (AvgIpc) is 2.81. The molecule has 33 heavy (non-hydrogen) atoms. The van der Waals surface area contributed by atoms with Crippen molar-refractivity contribution in [2.75, 3.05) is 6.61 Å². The third-order valence-corrected chi connectivity index (χ3v) is 6.91. The summed E-state index contributed by atoms with van der Waals surface area (Å²) in [5, 5.41) is 25.9. The number of carbonyl (C=O) groups excluding carboxylic acids is 2. The first-order valence-electron chi connectivity index (χ1n) is 10.6. The molecule has 0 unspecified atom stereocenters. The minimum absolute atomic E-state index is 0.0302. The number of aliphatic hydroxyl groups excluding tert-OH is 1. The van der Waals surface area contributed by atoms with Crippen LogP contribution in [0.3, 0.4) is 0 Å². The monoisotopic (exact) mass is 471 g/mol. The van der Waals surface area contributed by atoms with E-state index in [-0.39, 0.29) is 29.2 Å². The van der Waals surface area contributed by atoms with E-state index in [1.165, 1.54) is 18.2 Å². The molecule has 2 bridgehead atoms. The molecule has 3 N–H and O–H groups in total. The Labute approximate surface area is 195 Å². The molecule has 9 heteroatoms. The topological polar surface area (TPSA) is 111 Å². The fourth-order valence-electron chi connectivity index (χ4n) is 4.74. The Hall–Kier alpha value is -3.15. The first-order valence-corrected chi connectivity index (χ1v) is 11.0. The first kappa shape index (κ1) is 23.0. The summed E-state index contributed by atoms with van der Waals surface area (Å²) in [6.07, 6.45) is 1.64. The van der Waals surface area contributed by atoms with Crippen molar-refractivity contribution in [3.8, 4) is 11.8 Å². The van der Waals surface area contributed by atoms with Crippen LogP contribution in [-0.4, -0.2) is 40.7 Å². The molecule has 1 atom stereocenters. The van der Waals surface area contributed by atoms with Crippen molar-refractivity contribution >= 4 is 23.4 Å². The van der Waals surface area contributed by atoms with Gasteiger partial charge in [0, 0.05) is 17.2 Å². The number of rotatable bonds is 6. The quantitative estimate of drug-likeness (QED) is 0.599. The number of aliphatic hydroxyl groups is 1. The highest BCUT2D eigenvalue weighted by atomic mass is 35.5. The molecule has 0 saturated heterocycles. The van der Waals surface area contributed by atoms with Crippen molar-refractivity contribution in [1.29, 1.82) is 5.26 Å². The lowest BCUT2D eigenvalue weighted by Crippen LogP contribution is -2.70. The largest absolute Gasteiger partial charge is 0.484 e. The molecule has 3 aliphatic rings.